The maximum atomic E-state index is 10.4. The molecular formula is C6H5ClO4. The van der Waals surface area contributed by atoms with E-state index in [9.17, 15) is 9.59 Å². The first-order valence-electron chi connectivity index (χ1n) is 2.60. The van der Waals surface area contributed by atoms with E-state index in [2.05, 4.69) is 15.4 Å². The predicted octanol–water partition coefficient (Wildman–Crippen LogP) is 0.886. The Morgan fingerprint density at radius 3 is 2.64 bits per heavy atom. The van der Waals surface area contributed by atoms with Crippen molar-refractivity contribution in [2.45, 2.75) is 6.92 Å². The fraction of sp³-hybridized carbons (Fsp3) is 0.333. The van der Waals surface area contributed by atoms with Gasteiger partial charge in [0, 0.05) is 18.5 Å². The van der Waals surface area contributed by atoms with Crippen LogP contribution in [0.2, 0.25) is 0 Å². The quantitative estimate of drug-likeness (QED) is 0.356. The lowest BCUT2D eigenvalue weighted by Crippen LogP contribution is -2.10. The molecule has 0 radical (unpaired) electrons. The van der Waals surface area contributed by atoms with Crippen molar-refractivity contribution in [1.29, 1.82) is 0 Å². The van der Waals surface area contributed by atoms with Crippen molar-refractivity contribution < 1.29 is 19.1 Å². The normalized spacial score (nSPS) is 7.45. The Balaban J connectivity index is 3.51. The molecule has 0 fully saturated rings. The first-order chi connectivity index (χ1) is 5.16. The molecule has 0 atom stereocenters. The van der Waals surface area contributed by atoms with Gasteiger partial charge in [0.2, 0.25) is 0 Å². The van der Waals surface area contributed by atoms with Crippen molar-refractivity contribution >= 4 is 23.0 Å². The largest absolute Gasteiger partial charge is 0.442 e. The number of esters is 1. The van der Waals surface area contributed by atoms with Gasteiger partial charge in [0.15, 0.2) is 6.61 Å². The Bertz CT molecular complexity index is 212. The third-order valence-corrected chi connectivity index (χ3v) is 0.680. The standard InChI is InChI=1S/C6H5ClO4/c1-2-3-10-5(8)4-11-6(7)9/h4H2,1H3. The van der Waals surface area contributed by atoms with Crippen LogP contribution >= 0.6 is 11.6 Å². The van der Waals surface area contributed by atoms with Crippen LogP contribution in [0.3, 0.4) is 0 Å². The third-order valence-electron chi connectivity index (χ3n) is 0.570. The van der Waals surface area contributed by atoms with Gasteiger partial charge in [-0.15, -0.1) is 0 Å². The lowest BCUT2D eigenvalue weighted by atomic mass is 10.7. The molecule has 0 aliphatic carbocycles. The van der Waals surface area contributed by atoms with Gasteiger partial charge in [-0.25, -0.2) is 9.59 Å². The van der Waals surface area contributed by atoms with Crippen molar-refractivity contribution in [3.05, 3.63) is 0 Å². The van der Waals surface area contributed by atoms with Crippen LogP contribution in [-0.4, -0.2) is 18.0 Å². The Morgan fingerprint density at radius 2 is 2.18 bits per heavy atom. The van der Waals surface area contributed by atoms with Gasteiger partial charge >= 0.3 is 11.4 Å². The first kappa shape index (κ1) is 9.79. The molecule has 0 aliphatic heterocycles. The highest BCUT2D eigenvalue weighted by atomic mass is 35.5. The van der Waals surface area contributed by atoms with Crippen LogP contribution in [-0.2, 0) is 14.3 Å². The number of ether oxygens (including phenoxy) is 2. The number of rotatable bonds is 2. The average molecular weight is 177 g/mol. The Hall–Kier alpha value is -1.21. The van der Waals surface area contributed by atoms with Crippen molar-refractivity contribution in [3.8, 4) is 12.0 Å². The SMILES string of the molecule is CC#COC(=O)COC(=O)Cl. The maximum absolute atomic E-state index is 10.4. The predicted molar refractivity (Wildman–Crippen MR) is 36.7 cm³/mol. The van der Waals surface area contributed by atoms with Crippen molar-refractivity contribution in [1.82, 2.24) is 0 Å². The lowest BCUT2D eigenvalue weighted by Gasteiger charge is -1.94. The number of hydrogen-bond donors (Lipinski definition) is 0. The fourth-order valence-electron chi connectivity index (χ4n) is 0.253. The molecule has 0 aliphatic rings. The Kier molecular flexibility index (Phi) is 4.95. The topological polar surface area (TPSA) is 52.6 Å². The van der Waals surface area contributed by atoms with Crippen LogP contribution in [0.5, 0.6) is 0 Å². The molecule has 0 heterocycles. The zero-order valence-electron chi connectivity index (χ0n) is 5.72. The maximum Gasteiger partial charge on any atom is 0.404 e. The third kappa shape index (κ3) is 6.68. The van der Waals surface area contributed by atoms with Gasteiger partial charge in [0.05, 0.1) is 0 Å². The van der Waals surface area contributed by atoms with E-state index in [1.54, 1.807) is 0 Å². The summed E-state index contributed by atoms with van der Waals surface area (Å²) in [6.45, 7) is 0.984. The van der Waals surface area contributed by atoms with E-state index in [1.165, 1.54) is 6.92 Å². The molecule has 0 spiro atoms. The van der Waals surface area contributed by atoms with E-state index in [4.69, 9.17) is 11.6 Å². The summed E-state index contributed by atoms with van der Waals surface area (Å²) in [6, 6.07) is 0. The monoisotopic (exact) mass is 176 g/mol. The second-order valence-electron chi connectivity index (χ2n) is 1.35. The van der Waals surface area contributed by atoms with Crippen molar-refractivity contribution in [2.75, 3.05) is 6.61 Å². The average Bonchev–Trinajstić information content (AvgIpc) is 1.97. The summed E-state index contributed by atoms with van der Waals surface area (Å²) in [7, 11) is 0. The van der Waals surface area contributed by atoms with Crippen LogP contribution in [0.15, 0.2) is 0 Å². The van der Waals surface area contributed by atoms with Crippen LogP contribution in [0.25, 0.3) is 0 Å². The molecule has 0 saturated carbocycles. The van der Waals surface area contributed by atoms with E-state index in [1.807, 2.05) is 6.11 Å². The van der Waals surface area contributed by atoms with Gasteiger partial charge in [-0.05, 0) is 0 Å². The second-order valence-corrected chi connectivity index (χ2v) is 1.66. The zero-order valence-corrected chi connectivity index (χ0v) is 6.47. The number of halogens is 1. The highest BCUT2D eigenvalue weighted by molar-refractivity contribution is 6.61. The minimum Gasteiger partial charge on any atom is -0.442 e. The van der Waals surface area contributed by atoms with Gasteiger partial charge in [-0.2, -0.15) is 0 Å². The molecule has 4 nitrogen and oxygen atoms in total. The molecule has 0 bridgehead atoms. The molecule has 60 valence electrons. The van der Waals surface area contributed by atoms with Crippen molar-refractivity contribution in [2.24, 2.45) is 0 Å². The number of carbonyl (C=O) groups is 2. The molecule has 0 rings (SSSR count). The molecule has 0 unspecified atom stereocenters. The Labute approximate surface area is 68.4 Å². The lowest BCUT2D eigenvalue weighted by molar-refractivity contribution is -0.139. The van der Waals surface area contributed by atoms with Gasteiger partial charge in [-0.3, -0.25) is 0 Å². The molecule has 0 aromatic heterocycles. The van der Waals surface area contributed by atoms with E-state index in [0.717, 1.165) is 0 Å². The molecule has 0 amide bonds. The molecule has 0 N–H and O–H groups in total. The Morgan fingerprint density at radius 1 is 1.55 bits per heavy atom. The summed E-state index contributed by atoms with van der Waals surface area (Å²) in [5.74, 6) is 1.56. The summed E-state index contributed by atoms with van der Waals surface area (Å²) in [5.41, 5.74) is -1.05. The smallest absolute Gasteiger partial charge is 0.404 e. The van der Waals surface area contributed by atoms with Crippen LogP contribution in [0, 0.1) is 12.0 Å². The van der Waals surface area contributed by atoms with E-state index >= 15 is 0 Å². The summed E-state index contributed by atoms with van der Waals surface area (Å²) in [5, 5.41) is 0. The molecule has 0 saturated heterocycles. The summed E-state index contributed by atoms with van der Waals surface area (Å²) in [6.07, 6.45) is 2.04. The van der Waals surface area contributed by atoms with Crippen molar-refractivity contribution in [3.63, 3.8) is 0 Å². The zero-order chi connectivity index (χ0) is 8.69. The summed E-state index contributed by atoms with van der Waals surface area (Å²) < 4.78 is 8.29. The fourth-order valence-corrected chi connectivity index (χ4v) is 0.308. The van der Waals surface area contributed by atoms with Crippen LogP contribution < -0.4 is 0 Å². The molecule has 5 heteroatoms. The highest BCUT2D eigenvalue weighted by Gasteiger charge is 2.03. The molecule has 0 aromatic rings. The van der Waals surface area contributed by atoms with Gasteiger partial charge in [-0.1, -0.05) is 5.92 Å². The number of carbonyl (C=O) groups excluding carboxylic acids is 2. The van der Waals surface area contributed by atoms with Gasteiger partial charge in [0.1, 0.15) is 6.11 Å². The van der Waals surface area contributed by atoms with Crippen LogP contribution in [0.4, 0.5) is 4.79 Å². The highest BCUT2D eigenvalue weighted by Crippen LogP contribution is 1.87. The van der Waals surface area contributed by atoms with E-state index in [0.29, 0.717) is 0 Å². The molecular weight excluding hydrogens is 172 g/mol. The van der Waals surface area contributed by atoms with Gasteiger partial charge < -0.3 is 9.47 Å². The first-order valence-corrected chi connectivity index (χ1v) is 2.98. The van der Waals surface area contributed by atoms with E-state index < -0.39 is 18.0 Å². The second kappa shape index (κ2) is 5.57. The van der Waals surface area contributed by atoms with E-state index in [-0.39, 0.29) is 0 Å². The minimum absolute atomic E-state index is 0.517. The molecule has 11 heavy (non-hydrogen) atoms. The van der Waals surface area contributed by atoms with Gasteiger partial charge in [0.25, 0.3) is 0 Å². The van der Waals surface area contributed by atoms with Crippen LogP contribution in [0.1, 0.15) is 6.92 Å². The minimum atomic E-state index is -1.05. The molecule has 0 aromatic carbocycles. The summed E-state index contributed by atoms with van der Waals surface area (Å²) in [4.78, 5) is 20.4. The summed E-state index contributed by atoms with van der Waals surface area (Å²) >= 11 is 4.75. The number of hydrogen-bond acceptors (Lipinski definition) is 4.